The number of benzene rings is 2. The average Bonchev–Trinajstić information content (AvgIpc) is 3.27. The van der Waals surface area contributed by atoms with E-state index in [4.69, 9.17) is 0 Å². The molecule has 1 aromatic heterocycles. The normalized spacial score (nSPS) is 15.2. The van der Waals surface area contributed by atoms with Crippen LogP contribution in [0, 0.1) is 5.82 Å². The minimum absolute atomic E-state index is 0.0898. The maximum Gasteiger partial charge on any atom is 0.253 e. The Labute approximate surface area is 197 Å². The molecule has 2 aromatic carbocycles. The van der Waals surface area contributed by atoms with Gasteiger partial charge in [0.15, 0.2) is 0 Å². The topological polar surface area (TPSA) is 60.9 Å². The minimum Gasteiger partial charge on any atom is -0.336 e. The van der Waals surface area contributed by atoms with Crippen LogP contribution in [0.5, 0.6) is 0 Å². The van der Waals surface area contributed by atoms with Crippen LogP contribution in [0.15, 0.2) is 65.6 Å². The quantitative estimate of drug-likeness (QED) is 0.531. The van der Waals surface area contributed by atoms with Crippen molar-refractivity contribution < 1.29 is 17.6 Å². The van der Waals surface area contributed by atoms with E-state index < -0.39 is 10.0 Å². The number of rotatable bonds is 6. The maximum atomic E-state index is 13.5. The molecule has 4 rings (SSSR count). The number of amides is 1. The monoisotopic (exact) mass is 487 g/mol. The molecule has 1 saturated heterocycles. The van der Waals surface area contributed by atoms with Gasteiger partial charge in [-0.1, -0.05) is 12.1 Å². The van der Waals surface area contributed by atoms with E-state index in [1.165, 1.54) is 37.2 Å². The number of hydrogen-bond acceptors (Lipinski definition) is 5. The fraction of sp³-hybridized carbons (Fsp3) is 0.292. The number of carbonyl (C=O) groups excluding carboxylic acids is 1. The van der Waals surface area contributed by atoms with Crippen molar-refractivity contribution in [2.24, 2.45) is 0 Å². The van der Waals surface area contributed by atoms with Crippen molar-refractivity contribution in [3.8, 4) is 10.4 Å². The smallest absolute Gasteiger partial charge is 0.253 e. The minimum atomic E-state index is -3.52. The molecule has 1 amide bonds. The Kier molecular flexibility index (Phi) is 6.94. The first-order valence-electron chi connectivity index (χ1n) is 10.6. The molecule has 6 nitrogen and oxygen atoms in total. The van der Waals surface area contributed by atoms with Crippen molar-refractivity contribution in [3.05, 3.63) is 76.9 Å². The van der Waals surface area contributed by atoms with E-state index in [0.717, 1.165) is 34.4 Å². The first-order chi connectivity index (χ1) is 15.7. The summed E-state index contributed by atoms with van der Waals surface area (Å²) in [5.74, 6) is -0.329. The molecule has 2 heterocycles. The summed E-state index contributed by atoms with van der Waals surface area (Å²) in [5, 5.41) is 0. The molecule has 1 aliphatic heterocycles. The molecule has 0 radical (unpaired) electrons. The predicted molar refractivity (Wildman–Crippen MR) is 128 cm³/mol. The van der Waals surface area contributed by atoms with Crippen molar-refractivity contribution in [2.45, 2.75) is 11.4 Å². The number of thiophene rings is 1. The number of sulfonamides is 1. The van der Waals surface area contributed by atoms with Gasteiger partial charge in [-0.2, -0.15) is 0 Å². The van der Waals surface area contributed by atoms with Gasteiger partial charge in [0.1, 0.15) is 5.82 Å². The molecule has 0 saturated carbocycles. The first kappa shape index (κ1) is 23.6. The number of halogens is 1. The molecule has 0 aliphatic carbocycles. The lowest BCUT2D eigenvalue weighted by molar-refractivity contribution is 0.0629. The number of carbonyl (C=O) groups is 1. The molecule has 0 atom stereocenters. The molecule has 0 spiro atoms. The molecule has 0 bridgehead atoms. The molecule has 174 valence electrons. The van der Waals surface area contributed by atoms with Gasteiger partial charge >= 0.3 is 0 Å². The molecular weight excluding hydrogens is 461 g/mol. The summed E-state index contributed by atoms with van der Waals surface area (Å²) in [5.41, 5.74) is 1.37. The van der Waals surface area contributed by atoms with Gasteiger partial charge < -0.3 is 4.90 Å². The summed E-state index contributed by atoms with van der Waals surface area (Å²) in [6.45, 7) is 3.52. The summed E-state index contributed by atoms with van der Waals surface area (Å²) in [6.07, 6.45) is 0. The second-order valence-corrected chi connectivity index (χ2v) is 11.5. The molecular formula is C24H26FN3O3S2. The van der Waals surface area contributed by atoms with Crippen LogP contribution >= 0.6 is 11.3 Å². The third kappa shape index (κ3) is 5.33. The highest BCUT2D eigenvalue weighted by Crippen LogP contribution is 2.29. The van der Waals surface area contributed by atoms with Gasteiger partial charge in [0, 0.05) is 62.1 Å². The van der Waals surface area contributed by atoms with Gasteiger partial charge in [-0.05, 0) is 54.1 Å². The van der Waals surface area contributed by atoms with Crippen molar-refractivity contribution in [1.82, 2.24) is 14.1 Å². The molecule has 1 aliphatic rings. The molecule has 0 unspecified atom stereocenters. The first-order valence-corrected chi connectivity index (χ1v) is 12.9. The third-order valence-corrected chi connectivity index (χ3v) is 8.64. The van der Waals surface area contributed by atoms with Crippen LogP contribution in [-0.2, 0) is 16.6 Å². The standard InChI is InChI=1S/C24H26FN3O3S2/c1-26(2)33(30,31)22-9-6-18(7-10-22)24(29)28-14-12-27(13-15-28)17-21-8-11-23(32-21)19-4-3-5-20(25)16-19/h3-11,16H,12-15,17H2,1-2H3. The van der Waals surface area contributed by atoms with Gasteiger partial charge in [0.05, 0.1) is 4.90 Å². The van der Waals surface area contributed by atoms with Crippen molar-refractivity contribution in [1.29, 1.82) is 0 Å². The zero-order valence-electron chi connectivity index (χ0n) is 18.6. The zero-order valence-corrected chi connectivity index (χ0v) is 20.2. The van der Waals surface area contributed by atoms with Gasteiger partial charge in [-0.3, -0.25) is 9.69 Å². The largest absolute Gasteiger partial charge is 0.336 e. The van der Waals surface area contributed by atoms with Crippen molar-refractivity contribution in [3.63, 3.8) is 0 Å². The molecule has 3 aromatic rings. The van der Waals surface area contributed by atoms with Gasteiger partial charge in [-0.15, -0.1) is 11.3 Å². The number of piperazine rings is 1. The number of hydrogen-bond donors (Lipinski definition) is 0. The Bertz CT molecular complexity index is 1230. The zero-order chi connectivity index (χ0) is 23.6. The SMILES string of the molecule is CN(C)S(=O)(=O)c1ccc(C(=O)N2CCN(Cc3ccc(-c4cccc(F)c4)s3)CC2)cc1. The maximum absolute atomic E-state index is 13.5. The summed E-state index contributed by atoms with van der Waals surface area (Å²) in [7, 11) is -0.558. The Morgan fingerprint density at radius 1 is 1.00 bits per heavy atom. The Morgan fingerprint density at radius 2 is 1.70 bits per heavy atom. The second kappa shape index (κ2) is 9.72. The van der Waals surface area contributed by atoms with E-state index in [2.05, 4.69) is 11.0 Å². The van der Waals surface area contributed by atoms with Crippen molar-refractivity contribution in [2.75, 3.05) is 40.3 Å². The lowest BCUT2D eigenvalue weighted by atomic mass is 10.2. The van der Waals surface area contributed by atoms with Crippen LogP contribution in [0.3, 0.4) is 0 Å². The van der Waals surface area contributed by atoms with Crippen LogP contribution in [-0.4, -0.2) is 68.7 Å². The number of nitrogens with zero attached hydrogens (tertiary/aromatic N) is 3. The lowest BCUT2D eigenvalue weighted by Crippen LogP contribution is -2.48. The summed E-state index contributed by atoms with van der Waals surface area (Å²) >= 11 is 1.66. The van der Waals surface area contributed by atoms with Crippen LogP contribution in [0.2, 0.25) is 0 Å². The Hall–Kier alpha value is -2.59. The van der Waals surface area contributed by atoms with Gasteiger partial charge in [-0.25, -0.2) is 17.1 Å². The summed E-state index contributed by atoms with van der Waals surface area (Å²) in [4.78, 5) is 19.4. The Balaban J connectivity index is 1.33. The van der Waals surface area contributed by atoms with E-state index in [1.54, 1.807) is 40.5 Å². The predicted octanol–water partition coefficient (Wildman–Crippen LogP) is 3.76. The fourth-order valence-electron chi connectivity index (χ4n) is 3.75. The average molecular weight is 488 g/mol. The second-order valence-electron chi connectivity index (χ2n) is 8.16. The van der Waals surface area contributed by atoms with E-state index in [0.29, 0.717) is 18.7 Å². The summed E-state index contributed by atoms with van der Waals surface area (Å²) < 4.78 is 39.1. The van der Waals surface area contributed by atoms with Crippen LogP contribution in [0.4, 0.5) is 4.39 Å². The van der Waals surface area contributed by atoms with Gasteiger partial charge in [0.2, 0.25) is 10.0 Å². The van der Waals surface area contributed by atoms with Crippen LogP contribution < -0.4 is 0 Å². The van der Waals surface area contributed by atoms with Crippen LogP contribution in [0.25, 0.3) is 10.4 Å². The van der Waals surface area contributed by atoms with E-state index >= 15 is 0 Å². The Morgan fingerprint density at radius 3 is 2.33 bits per heavy atom. The summed E-state index contributed by atoms with van der Waals surface area (Å²) in [6, 6.07) is 16.8. The van der Waals surface area contributed by atoms with Crippen LogP contribution in [0.1, 0.15) is 15.2 Å². The van der Waals surface area contributed by atoms with E-state index in [-0.39, 0.29) is 16.6 Å². The van der Waals surface area contributed by atoms with E-state index in [1.807, 2.05) is 12.1 Å². The third-order valence-electron chi connectivity index (χ3n) is 5.69. The molecule has 33 heavy (non-hydrogen) atoms. The highest BCUT2D eigenvalue weighted by molar-refractivity contribution is 7.89. The molecule has 1 fully saturated rings. The van der Waals surface area contributed by atoms with E-state index in [9.17, 15) is 17.6 Å². The highest BCUT2D eigenvalue weighted by atomic mass is 32.2. The molecule has 9 heteroatoms. The highest BCUT2D eigenvalue weighted by Gasteiger charge is 2.23. The fourth-order valence-corrected chi connectivity index (χ4v) is 5.70. The lowest BCUT2D eigenvalue weighted by Gasteiger charge is -2.34. The molecule has 0 N–H and O–H groups in total. The van der Waals surface area contributed by atoms with Gasteiger partial charge in [0.25, 0.3) is 5.91 Å². The van der Waals surface area contributed by atoms with Crippen molar-refractivity contribution >= 4 is 27.3 Å².